The van der Waals surface area contributed by atoms with Crippen LogP contribution in [-0.2, 0) is 31.7 Å². The van der Waals surface area contributed by atoms with E-state index < -0.39 is 7.12 Å². The predicted molar refractivity (Wildman–Crippen MR) is 146 cm³/mol. The van der Waals surface area contributed by atoms with E-state index in [-0.39, 0.29) is 41.3 Å². The fraction of sp³-hybridized carbons (Fsp3) is 0.467. The number of carbonyl (C=O) groups excluding carboxylic acids is 2. The van der Waals surface area contributed by atoms with Gasteiger partial charge in [-0.1, -0.05) is 44.2 Å². The highest BCUT2D eigenvalue weighted by atomic mass is 16.7. The number of benzene rings is 2. The Balaban J connectivity index is 1.22. The fourth-order valence-corrected chi connectivity index (χ4v) is 7.07. The van der Waals surface area contributed by atoms with Crippen LogP contribution < -0.4 is 10.6 Å². The third-order valence-corrected chi connectivity index (χ3v) is 9.28. The third-order valence-electron chi connectivity index (χ3n) is 9.28. The lowest BCUT2D eigenvalue weighted by molar-refractivity contribution is -0.199. The van der Waals surface area contributed by atoms with Gasteiger partial charge < -0.3 is 24.4 Å². The maximum Gasteiger partial charge on any atom is 0.482 e. The fourth-order valence-electron chi connectivity index (χ4n) is 7.07. The van der Waals surface area contributed by atoms with E-state index in [4.69, 9.17) is 13.7 Å². The Kier molecular flexibility index (Phi) is 6.15. The first-order valence-corrected chi connectivity index (χ1v) is 13.6. The molecule has 3 aromatic rings. The lowest BCUT2D eigenvalue weighted by atomic mass is 9.43. The van der Waals surface area contributed by atoms with Crippen LogP contribution in [0.25, 0.3) is 11.0 Å². The van der Waals surface area contributed by atoms with Crippen LogP contribution in [0.2, 0.25) is 0 Å². The molecule has 0 radical (unpaired) electrons. The number of hydrogen-bond donors (Lipinski definition) is 2. The zero-order chi connectivity index (χ0) is 26.7. The number of amides is 2. The molecule has 3 aliphatic carbocycles. The quantitative estimate of drug-likeness (QED) is 0.437. The van der Waals surface area contributed by atoms with Gasteiger partial charge in [-0.3, -0.25) is 9.59 Å². The van der Waals surface area contributed by atoms with Crippen molar-refractivity contribution < 1.29 is 23.3 Å². The summed E-state index contributed by atoms with van der Waals surface area (Å²) in [5.74, 6) is 0.491. The van der Waals surface area contributed by atoms with Crippen LogP contribution in [0.3, 0.4) is 0 Å². The molecule has 1 saturated heterocycles. The molecule has 2 unspecified atom stereocenters. The standard InChI is InChI=1S/C30H35BN2O5/c1-18(34)32-22-11-9-19(10-12-22)13-28(35)33-27(14-20-17-36-24-8-6-5-7-23(20)24)31-37-26-16-21-15-25(29(21,2)3)30(26,4)38-31/h5-12,17,21,25-27H,13-16H2,1-4H3,(H,32,34)(H,33,35)/t21?,25?,26-,27+,30+/m1/s1. The second kappa shape index (κ2) is 9.28. The van der Waals surface area contributed by atoms with Crippen LogP contribution in [0.5, 0.6) is 0 Å². The molecule has 2 heterocycles. The van der Waals surface area contributed by atoms with E-state index in [9.17, 15) is 9.59 Å². The van der Waals surface area contributed by atoms with E-state index >= 15 is 0 Å². The zero-order valence-corrected chi connectivity index (χ0v) is 22.5. The highest BCUT2D eigenvalue weighted by molar-refractivity contribution is 6.48. The number of anilines is 1. The van der Waals surface area contributed by atoms with E-state index in [1.165, 1.54) is 13.3 Å². The summed E-state index contributed by atoms with van der Waals surface area (Å²) in [5, 5.41) is 7.02. The van der Waals surface area contributed by atoms with Gasteiger partial charge in [0.25, 0.3) is 0 Å². The van der Waals surface area contributed by atoms with Gasteiger partial charge in [0.05, 0.1) is 30.3 Å². The van der Waals surface area contributed by atoms with E-state index in [1.54, 1.807) is 6.26 Å². The van der Waals surface area contributed by atoms with E-state index in [1.807, 2.05) is 48.5 Å². The Morgan fingerprint density at radius 3 is 2.58 bits per heavy atom. The summed E-state index contributed by atoms with van der Waals surface area (Å²) < 4.78 is 19.1. The topological polar surface area (TPSA) is 89.8 Å². The van der Waals surface area contributed by atoms with Crippen molar-refractivity contribution in [1.29, 1.82) is 0 Å². The van der Waals surface area contributed by atoms with Crippen LogP contribution in [0.15, 0.2) is 59.2 Å². The predicted octanol–water partition coefficient (Wildman–Crippen LogP) is 4.93. The summed E-state index contributed by atoms with van der Waals surface area (Å²) in [5.41, 5.74) is 3.29. The van der Waals surface area contributed by atoms with E-state index in [0.29, 0.717) is 23.9 Å². The minimum atomic E-state index is -0.542. The lowest BCUT2D eigenvalue weighted by Gasteiger charge is -2.64. The second-order valence-electron chi connectivity index (χ2n) is 12.0. The second-order valence-corrected chi connectivity index (χ2v) is 12.0. The number of carbonyl (C=O) groups is 2. The zero-order valence-electron chi connectivity index (χ0n) is 22.5. The van der Waals surface area contributed by atoms with Crippen LogP contribution in [0, 0.1) is 17.3 Å². The first-order chi connectivity index (χ1) is 18.1. The van der Waals surface area contributed by atoms with Crippen molar-refractivity contribution in [2.75, 3.05) is 5.32 Å². The molecule has 1 aliphatic heterocycles. The molecule has 5 atom stereocenters. The Morgan fingerprint density at radius 2 is 1.84 bits per heavy atom. The van der Waals surface area contributed by atoms with Crippen LogP contribution in [0.4, 0.5) is 5.69 Å². The third kappa shape index (κ3) is 4.33. The molecule has 38 heavy (non-hydrogen) atoms. The number of nitrogens with one attached hydrogen (secondary N) is 2. The van der Waals surface area contributed by atoms with E-state index in [0.717, 1.165) is 28.5 Å². The maximum absolute atomic E-state index is 13.3. The van der Waals surface area contributed by atoms with Gasteiger partial charge in [-0.25, -0.2) is 0 Å². The molecule has 7 nitrogen and oxygen atoms in total. The van der Waals surface area contributed by atoms with Crippen molar-refractivity contribution in [2.45, 2.75) is 71.0 Å². The van der Waals surface area contributed by atoms with Crippen molar-refractivity contribution in [3.63, 3.8) is 0 Å². The lowest BCUT2D eigenvalue weighted by Crippen LogP contribution is -2.65. The van der Waals surface area contributed by atoms with Gasteiger partial charge in [-0.15, -0.1) is 0 Å². The van der Waals surface area contributed by atoms with Gasteiger partial charge in [-0.05, 0) is 72.8 Å². The highest BCUT2D eigenvalue weighted by Crippen LogP contribution is 2.65. The molecular weight excluding hydrogens is 479 g/mol. The summed E-state index contributed by atoms with van der Waals surface area (Å²) in [6.45, 7) is 8.36. The van der Waals surface area contributed by atoms with E-state index in [2.05, 4.69) is 31.4 Å². The molecule has 4 fully saturated rings. The summed E-state index contributed by atoms with van der Waals surface area (Å²) >= 11 is 0. The molecule has 3 saturated carbocycles. The summed E-state index contributed by atoms with van der Waals surface area (Å²) in [4.78, 5) is 24.6. The molecule has 7 rings (SSSR count). The molecular formula is C30H35BN2O5. The van der Waals surface area contributed by atoms with Gasteiger partial charge in [-0.2, -0.15) is 0 Å². The first-order valence-electron chi connectivity index (χ1n) is 13.6. The molecule has 8 heteroatoms. The van der Waals surface area contributed by atoms with Crippen LogP contribution >= 0.6 is 0 Å². The van der Waals surface area contributed by atoms with Crippen molar-refractivity contribution in [1.82, 2.24) is 5.32 Å². The number of hydrogen-bond acceptors (Lipinski definition) is 5. The van der Waals surface area contributed by atoms with Gasteiger partial charge >= 0.3 is 7.12 Å². The Hall–Kier alpha value is -3.10. The first kappa shape index (κ1) is 25.2. The SMILES string of the molecule is CC(=O)Nc1ccc(CC(=O)N[C@@H](Cc2coc3ccccc23)B2O[C@@H]3CC4CC(C4(C)C)[C@]3(C)O2)cc1. The van der Waals surface area contributed by atoms with Gasteiger partial charge in [0.15, 0.2) is 0 Å². The monoisotopic (exact) mass is 514 g/mol. The minimum Gasteiger partial charge on any atom is -0.464 e. The van der Waals surface area contributed by atoms with Gasteiger partial charge in [0.1, 0.15) is 5.58 Å². The molecule has 4 aliphatic rings. The highest BCUT2D eigenvalue weighted by Gasteiger charge is 2.68. The molecule has 198 valence electrons. The van der Waals surface area contributed by atoms with Gasteiger partial charge in [0.2, 0.25) is 11.8 Å². The number of para-hydroxylation sites is 1. The average molecular weight is 514 g/mol. The van der Waals surface area contributed by atoms with Crippen molar-refractivity contribution >= 4 is 35.6 Å². The maximum atomic E-state index is 13.3. The average Bonchev–Trinajstić information content (AvgIpc) is 3.44. The smallest absolute Gasteiger partial charge is 0.464 e. The Morgan fingerprint density at radius 1 is 1.08 bits per heavy atom. The Labute approximate surface area is 223 Å². The molecule has 0 spiro atoms. The van der Waals surface area contributed by atoms with Gasteiger partial charge in [0, 0.05) is 18.0 Å². The number of furan rings is 1. The normalized spacial score (nSPS) is 27.9. The summed E-state index contributed by atoms with van der Waals surface area (Å²) in [7, 11) is -0.542. The molecule has 2 bridgehead atoms. The Bertz CT molecular complexity index is 1370. The van der Waals surface area contributed by atoms with Crippen LogP contribution in [-0.4, -0.2) is 36.6 Å². The summed E-state index contributed by atoms with van der Waals surface area (Å²) in [6.07, 6.45) is 4.73. The van der Waals surface area contributed by atoms with Crippen molar-refractivity contribution in [2.24, 2.45) is 17.3 Å². The minimum absolute atomic E-state index is 0.0334. The molecule has 2 N–H and O–H groups in total. The molecule has 1 aromatic heterocycles. The molecule has 2 amide bonds. The van der Waals surface area contributed by atoms with Crippen molar-refractivity contribution in [3.05, 3.63) is 65.9 Å². The largest absolute Gasteiger partial charge is 0.482 e. The molecule has 2 aromatic carbocycles. The number of fused-ring (bicyclic) bond motifs is 1. The van der Waals surface area contributed by atoms with Crippen molar-refractivity contribution in [3.8, 4) is 0 Å². The van der Waals surface area contributed by atoms with Crippen LogP contribution in [0.1, 0.15) is 51.7 Å². The summed E-state index contributed by atoms with van der Waals surface area (Å²) in [6, 6.07) is 15.3. The number of rotatable bonds is 7.